The van der Waals surface area contributed by atoms with Gasteiger partial charge in [0.25, 0.3) is 0 Å². The lowest BCUT2D eigenvalue weighted by Crippen LogP contribution is -2.28. The molecule has 44 heavy (non-hydrogen) atoms. The normalized spacial score (nSPS) is 14.8. The van der Waals surface area contributed by atoms with Crippen LogP contribution in [0.1, 0.15) is 0 Å². The number of carbonyl (C=O) groups excluding carboxylic acids is 2. The SMILES string of the molecule is O=CN1CCOc2ccccc2OCCN(C=O)c2ccccc2NCCOc2ccccc2OCCNc2ccccc21. The number of fused-ring (bicyclic) bond motifs is 4. The number of anilines is 4. The monoisotopic (exact) mass is 596 g/mol. The van der Waals surface area contributed by atoms with Crippen LogP contribution in [-0.2, 0) is 9.59 Å². The summed E-state index contributed by atoms with van der Waals surface area (Å²) in [6, 6.07) is 30.1. The van der Waals surface area contributed by atoms with Gasteiger partial charge >= 0.3 is 0 Å². The van der Waals surface area contributed by atoms with Crippen molar-refractivity contribution in [2.24, 2.45) is 0 Å². The van der Waals surface area contributed by atoms with Crippen molar-refractivity contribution in [2.45, 2.75) is 0 Å². The predicted octanol–water partition coefficient (Wildman–Crippen LogP) is 5.07. The second kappa shape index (κ2) is 15.7. The van der Waals surface area contributed by atoms with Gasteiger partial charge in [-0.2, -0.15) is 0 Å². The molecule has 0 bridgehead atoms. The summed E-state index contributed by atoms with van der Waals surface area (Å²) in [5.74, 6) is 2.38. The van der Waals surface area contributed by atoms with Crippen molar-refractivity contribution in [3.63, 3.8) is 0 Å². The Kier molecular flexibility index (Phi) is 10.8. The van der Waals surface area contributed by atoms with E-state index in [-0.39, 0.29) is 13.2 Å². The number of amides is 2. The maximum absolute atomic E-state index is 12.1. The molecule has 0 aliphatic carbocycles. The lowest BCUT2D eigenvalue weighted by atomic mass is 10.2. The van der Waals surface area contributed by atoms with E-state index in [0.717, 1.165) is 35.6 Å². The molecule has 5 rings (SSSR count). The molecular weight excluding hydrogens is 560 g/mol. The minimum Gasteiger partial charge on any atom is -0.488 e. The molecule has 2 amide bonds. The van der Waals surface area contributed by atoms with Gasteiger partial charge in [0, 0.05) is 13.1 Å². The molecule has 0 spiro atoms. The molecule has 0 unspecified atom stereocenters. The second-order valence-corrected chi connectivity index (χ2v) is 9.77. The first-order chi connectivity index (χ1) is 21.8. The average molecular weight is 597 g/mol. The molecule has 0 saturated heterocycles. The first kappa shape index (κ1) is 30.1. The molecular formula is C34H36N4O6. The van der Waals surface area contributed by atoms with E-state index in [4.69, 9.17) is 18.9 Å². The highest BCUT2D eigenvalue weighted by Gasteiger charge is 2.14. The largest absolute Gasteiger partial charge is 0.488 e. The maximum Gasteiger partial charge on any atom is 0.214 e. The Balaban J connectivity index is 1.35. The number of rotatable bonds is 2. The Labute approximate surface area is 257 Å². The summed E-state index contributed by atoms with van der Waals surface area (Å²) in [6.45, 7) is 2.89. The molecule has 0 fully saturated rings. The van der Waals surface area contributed by atoms with Crippen molar-refractivity contribution in [1.82, 2.24) is 0 Å². The van der Waals surface area contributed by atoms with Crippen LogP contribution in [0.15, 0.2) is 97.1 Å². The summed E-state index contributed by atoms with van der Waals surface area (Å²) in [4.78, 5) is 27.4. The van der Waals surface area contributed by atoms with Crippen LogP contribution in [-0.4, -0.2) is 65.4 Å². The fourth-order valence-electron chi connectivity index (χ4n) is 4.79. The standard InChI is InChI=1S/C34H36N4O6/c39-25-37-19-23-43-33-15-7-8-16-34(33)44-24-20-38(26-40)30-12-4-2-10-28(30)36-18-22-42-32-14-6-5-13-31(32)41-21-17-35-27-9-1-3-11-29(27)37/h1-16,25-26,35-36H,17-24H2. The van der Waals surface area contributed by atoms with Crippen molar-refractivity contribution in [2.75, 3.05) is 73.0 Å². The molecule has 0 atom stereocenters. The van der Waals surface area contributed by atoms with E-state index >= 15 is 0 Å². The fourth-order valence-corrected chi connectivity index (χ4v) is 4.79. The predicted molar refractivity (Wildman–Crippen MR) is 172 cm³/mol. The van der Waals surface area contributed by atoms with E-state index < -0.39 is 0 Å². The van der Waals surface area contributed by atoms with Crippen molar-refractivity contribution >= 4 is 35.6 Å². The lowest BCUT2D eigenvalue weighted by molar-refractivity contribution is -0.108. The van der Waals surface area contributed by atoms with Crippen LogP contribution < -0.4 is 39.4 Å². The van der Waals surface area contributed by atoms with Crippen LogP contribution in [0.3, 0.4) is 0 Å². The highest BCUT2D eigenvalue weighted by molar-refractivity contribution is 5.84. The number of hydrogen-bond acceptors (Lipinski definition) is 8. The first-order valence-electron chi connectivity index (χ1n) is 14.6. The van der Waals surface area contributed by atoms with Gasteiger partial charge < -0.3 is 39.4 Å². The Hall–Kier alpha value is -5.38. The molecule has 0 saturated carbocycles. The van der Waals surface area contributed by atoms with E-state index in [1.165, 1.54) is 0 Å². The third-order valence-corrected chi connectivity index (χ3v) is 6.91. The minimum absolute atomic E-state index is 0.243. The number of ether oxygens (including phenoxy) is 4. The minimum atomic E-state index is 0.243. The van der Waals surface area contributed by atoms with Crippen LogP contribution in [0, 0.1) is 0 Å². The quantitative estimate of drug-likeness (QED) is 0.310. The van der Waals surface area contributed by atoms with Crippen LogP contribution in [0.2, 0.25) is 0 Å². The van der Waals surface area contributed by atoms with Crippen LogP contribution >= 0.6 is 0 Å². The zero-order valence-corrected chi connectivity index (χ0v) is 24.4. The van der Waals surface area contributed by atoms with Gasteiger partial charge in [-0.3, -0.25) is 9.59 Å². The van der Waals surface area contributed by atoms with Gasteiger partial charge in [-0.1, -0.05) is 48.5 Å². The molecule has 4 aromatic rings. The molecule has 1 heterocycles. The van der Waals surface area contributed by atoms with E-state index in [2.05, 4.69) is 10.6 Å². The molecule has 1 aliphatic rings. The molecule has 1 aliphatic heterocycles. The number of nitrogens with one attached hydrogen (secondary N) is 2. The van der Waals surface area contributed by atoms with Gasteiger partial charge in [-0.25, -0.2) is 0 Å². The summed E-state index contributed by atoms with van der Waals surface area (Å²) in [5, 5.41) is 6.75. The van der Waals surface area contributed by atoms with Gasteiger partial charge in [0.2, 0.25) is 12.8 Å². The summed E-state index contributed by atoms with van der Waals surface area (Å²) in [5.41, 5.74) is 3.07. The van der Waals surface area contributed by atoms with Crippen molar-refractivity contribution < 1.29 is 28.5 Å². The number of carbonyl (C=O) groups is 2. The van der Waals surface area contributed by atoms with Crippen LogP contribution in [0.5, 0.6) is 23.0 Å². The van der Waals surface area contributed by atoms with Crippen LogP contribution in [0.25, 0.3) is 0 Å². The zero-order chi connectivity index (χ0) is 30.4. The van der Waals surface area contributed by atoms with Crippen molar-refractivity contribution in [3.05, 3.63) is 97.1 Å². The molecule has 10 heteroatoms. The number of nitrogens with zero attached hydrogens (tertiary/aromatic N) is 2. The molecule has 10 nitrogen and oxygen atoms in total. The van der Waals surface area contributed by atoms with E-state index in [1.807, 2.05) is 97.1 Å². The van der Waals surface area contributed by atoms with Crippen molar-refractivity contribution in [1.29, 1.82) is 0 Å². The molecule has 2 N–H and O–H groups in total. The Morgan fingerprint density at radius 2 is 0.818 bits per heavy atom. The first-order valence-corrected chi connectivity index (χ1v) is 14.6. The van der Waals surface area contributed by atoms with E-state index in [9.17, 15) is 9.59 Å². The highest BCUT2D eigenvalue weighted by Crippen LogP contribution is 2.30. The summed E-state index contributed by atoms with van der Waals surface area (Å²) in [6.07, 6.45) is 1.59. The van der Waals surface area contributed by atoms with Gasteiger partial charge in [0.15, 0.2) is 23.0 Å². The van der Waals surface area contributed by atoms with E-state index in [0.29, 0.717) is 62.4 Å². The topological polar surface area (TPSA) is 102 Å². The third kappa shape index (κ3) is 7.91. The lowest BCUT2D eigenvalue weighted by Gasteiger charge is -2.23. The smallest absolute Gasteiger partial charge is 0.214 e. The molecule has 0 aromatic heterocycles. The van der Waals surface area contributed by atoms with E-state index in [1.54, 1.807) is 9.80 Å². The Bertz CT molecular complexity index is 1410. The number of para-hydroxylation sites is 8. The summed E-state index contributed by atoms with van der Waals surface area (Å²) in [7, 11) is 0. The van der Waals surface area contributed by atoms with Crippen LogP contribution in [0.4, 0.5) is 22.7 Å². The summed E-state index contributed by atoms with van der Waals surface area (Å²) >= 11 is 0. The highest BCUT2D eigenvalue weighted by atomic mass is 16.5. The Morgan fingerprint density at radius 3 is 1.20 bits per heavy atom. The van der Waals surface area contributed by atoms with Gasteiger partial charge in [-0.05, 0) is 48.5 Å². The zero-order valence-electron chi connectivity index (χ0n) is 24.4. The average Bonchev–Trinajstić information content (AvgIpc) is 3.07. The van der Waals surface area contributed by atoms with Gasteiger partial charge in [0.1, 0.15) is 26.4 Å². The number of hydrogen-bond donors (Lipinski definition) is 2. The van der Waals surface area contributed by atoms with Gasteiger partial charge in [-0.15, -0.1) is 0 Å². The van der Waals surface area contributed by atoms with Crippen molar-refractivity contribution in [3.8, 4) is 23.0 Å². The third-order valence-electron chi connectivity index (χ3n) is 6.91. The number of benzene rings is 4. The summed E-state index contributed by atoms with van der Waals surface area (Å²) < 4.78 is 24.2. The Morgan fingerprint density at radius 1 is 0.477 bits per heavy atom. The maximum atomic E-state index is 12.1. The molecule has 0 radical (unpaired) electrons. The second-order valence-electron chi connectivity index (χ2n) is 9.77. The fraction of sp³-hybridized carbons (Fsp3) is 0.235. The molecule has 4 aromatic carbocycles. The van der Waals surface area contributed by atoms with Gasteiger partial charge in [0.05, 0.1) is 35.8 Å². The molecule has 228 valence electrons.